The highest BCUT2D eigenvalue weighted by atomic mass is 35.5. The molecule has 3 rings (SSSR count). The number of ether oxygens (including phenoxy) is 1. The van der Waals surface area contributed by atoms with E-state index in [9.17, 15) is 5.11 Å². The van der Waals surface area contributed by atoms with Gasteiger partial charge < -0.3 is 9.84 Å². The highest BCUT2D eigenvalue weighted by molar-refractivity contribution is 6.31. The van der Waals surface area contributed by atoms with Gasteiger partial charge in [0.15, 0.2) is 0 Å². The Morgan fingerprint density at radius 1 is 1.20 bits per heavy atom. The van der Waals surface area contributed by atoms with Gasteiger partial charge >= 0.3 is 0 Å². The molecule has 1 N–H and O–H groups in total. The molecule has 1 unspecified atom stereocenters. The van der Waals surface area contributed by atoms with Crippen LogP contribution < -0.4 is 4.74 Å². The predicted octanol–water partition coefficient (Wildman–Crippen LogP) is 4.17. The van der Waals surface area contributed by atoms with Gasteiger partial charge in [-0.2, -0.15) is 0 Å². The van der Waals surface area contributed by atoms with E-state index in [1.54, 1.807) is 7.11 Å². The van der Waals surface area contributed by atoms with Gasteiger partial charge in [-0.15, -0.1) is 0 Å². The van der Waals surface area contributed by atoms with Gasteiger partial charge in [-0.3, -0.25) is 4.90 Å². The fourth-order valence-corrected chi connectivity index (χ4v) is 4.05. The molecule has 3 nitrogen and oxygen atoms in total. The van der Waals surface area contributed by atoms with Crippen LogP contribution in [0.25, 0.3) is 0 Å². The van der Waals surface area contributed by atoms with E-state index in [2.05, 4.69) is 23.1 Å². The number of benzene rings is 2. The van der Waals surface area contributed by atoms with Gasteiger partial charge in [-0.1, -0.05) is 41.9 Å². The first kappa shape index (κ1) is 18.2. The molecule has 0 aliphatic carbocycles. The van der Waals surface area contributed by atoms with Crippen molar-refractivity contribution in [1.29, 1.82) is 0 Å². The van der Waals surface area contributed by atoms with Crippen LogP contribution in [-0.4, -0.2) is 36.8 Å². The number of nitrogens with zero attached hydrogens (tertiary/aromatic N) is 1. The number of rotatable bonds is 6. The molecule has 2 aromatic rings. The quantitative estimate of drug-likeness (QED) is 0.840. The first-order valence-electron chi connectivity index (χ1n) is 8.84. The highest BCUT2D eigenvalue weighted by Gasteiger charge is 2.35. The summed E-state index contributed by atoms with van der Waals surface area (Å²) in [5.41, 5.74) is 2.26. The van der Waals surface area contributed by atoms with Gasteiger partial charge in [0.2, 0.25) is 0 Å². The fraction of sp³-hybridized carbons (Fsp3) is 0.429. The summed E-state index contributed by atoms with van der Waals surface area (Å²) in [5, 5.41) is 11.0. The molecule has 1 aliphatic rings. The van der Waals surface area contributed by atoms with Crippen molar-refractivity contribution in [2.45, 2.75) is 25.8 Å². The molecule has 1 heterocycles. The molecule has 0 spiro atoms. The van der Waals surface area contributed by atoms with Crippen LogP contribution in [0.2, 0.25) is 5.02 Å². The third-order valence-corrected chi connectivity index (χ3v) is 5.51. The van der Waals surface area contributed by atoms with Crippen LogP contribution in [0.1, 0.15) is 24.0 Å². The van der Waals surface area contributed by atoms with Gasteiger partial charge in [0.05, 0.1) is 13.7 Å². The molecule has 0 amide bonds. The van der Waals surface area contributed by atoms with E-state index in [0.717, 1.165) is 55.2 Å². The molecule has 0 radical (unpaired) electrons. The molecule has 1 aliphatic heterocycles. The van der Waals surface area contributed by atoms with Gasteiger partial charge in [0.1, 0.15) is 5.75 Å². The van der Waals surface area contributed by atoms with Crippen molar-refractivity contribution < 1.29 is 9.84 Å². The third-order valence-electron chi connectivity index (χ3n) is 5.14. The lowest BCUT2D eigenvalue weighted by Crippen LogP contribution is -2.46. The second kappa shape index (κ2) is 8.22. The van der Waals surface area contributed by atoms with Gasteiger partial charge in [0.25, 0.3) is 0 Å². The summed E-state index contributed by atoms with van der Waals surface area (Å²) in [7, 11) is 1.69. The molecule has 1 atom stereocenters. The van der Waals surface area contributed by atoms with Crippen molar-refractivity contribution in [3.63, 3.8) is 0 Å². The Labute approximate surface area is 155 Å². The van der Waals surface area contributed by atoms with Crippen LogP contribution in [0.4, 0.5) is 0 Å². The minimum atomic E-state index is -0.105. The maximum Gasteiger partial charge on any atom is 0.119 e. The highest BCUT2D eigenvalue weighted by Crippen LogP contribution is 2.35. The second-order valence-corrected chi connectivity index (χ2v) is 7.50. The zero-order valence-corrected chi connectivity index (χ0v) is 15.5. The number of methoxy groups -OCH3 is 1. The zero-order valence-electron chi connectivity index (χ0n) is 14.7. The van der Waals surface area contributed by atoms with Crippen molar-refractivity contribution in [3.8, 4) is 5.75 Å². The van der Waals surface area contributed by atoms with Gasteiger partial charge in [-0.05, 0) is 55.1 Å². The van der Waals surface area contributed by atoms with E-state index in [-0.39, 0.29) is 12.0 Å². The van der Waals surface area contributed by atoms with Crippen LogP contribution >= 0.6 is 11.6 Å². The molecule has 2 aromatic carbocycles. The average Bonchev–Trinajstić information content (AvgIpc) is 2.64. The van der Waals surface area contributed by atoms with Crippen molar-refractivity contribution in [2.75, 3.05) is 26.8 Å². The average molecular weight is 360 g/mol. The topological polar surface area (TPSA) is 32.7 Å². The third kappa shape index (κ3) is 4.55. The number of likely N-dealkylation sites (tertiary alicyclic amines) is 1. The lowest BCUT2D eigenvalue weighted by atomic mass is 9.75. The standard InChI is InChI=1S/C21H26ClNO2/c1-25-19-8-4-6-17(12-19)13-21(16-24)10-5-11-23(15-21)14-18-7-2-3-9-20(18)22/h2-4,6-9,12,24H,5,10-11,13-16H2,1H3. The van der Waals surface area contributed by atoms with E-state index in [4.69, 9.17) is 16.3 Å². The molecule has 0 saturated carbocycles. The number of hydrogen-bond acceptors (Lipinski definition) is 3. The molecule has 0 bridgehead atoms. The summed E-state index contributed by atoms with van der Waals surface area (Å²) in [6.07, 6.45) is 2.99. The molecule has 1 fully saturated rings. The van der Waals surface area contributed by atoms with Crippen LogP contribution in [-0.2, 0) is 13.0 Å². The fourth-order valence-electron chi connectivity index (χ4n) is 3.86. The van der Waals surface area contributed by atoms with E-state index >= 15 is 0 Å². The molecule has 4 heteroatoms. The summed E-state index contributed by atoms with van der Waals surface area (Å²) in [6, 6.07) is 16.2. The maximum atomic E-state index is 10.2. The van der Waals surface area contributed by atoms with Crippen molar-refractivity contribution in [3.05, 3.63) is 64.7 Å². The molecular weight excluding hydrogens is 334 g/mol. The maximum absolute atomic E-state index is 10.2. The van der Waals surface area contributed by atoms with Crippen LogP contribution in [0, 0.1) is 5.41 Å². The Kier molecular flexibility index (Phi) is 6.00. The summed E-state index contributed by atoms with van der Waals surface area (Å²) >= 11 is 6.32. The number of hydrogen-bond donors (Lipinski definition) is 1. The molecule has 1 saturated heterocycles. The smallest absolute Gasteiger partial charge is 0.119 e. The lowest BCUT2D eigenvalue weighted by Gasteiger charge is -2.42. The van der Waals surface area contributed by atoms with Crippen molar-refractivity contribution >= 4 is 11.6 Å². The molecule has 0 aromatic heterocycles. The largest absolute Gasteiger partial charge is 0.497 e. The first-order valence-corrected chi connectivity index (χ1v) is 9.21. The zero-order chi connectivity index (χ0) is 17.7. The van der Waals surface area contributed by atoms with Crippen LogP contribution in [0.15, 0.2) is 48.5 Å². The van der Waals surface area contributed by atoms with Crippen molar-refractivity contribution in [1.82, 2.24) is 4.90 Å². The Morgan fingerprint density at radius 2 is 2.04 bits per heavy atom. The summed E-state index contributed by atoms with van der Waals surface area (Å²) < 4.78 is 5.34. The minimum Gasteiger partial charge on any atom is -0.497 e. The SMILES string of the molecule is COc1cccc(CC2(CO)CCCN(Cc3ccccc3Cl)C2)c1. The second-order valence-electron chi connectivity index (χ2n) is 7.09. The normalized spacial score (nSPS) is 21.2. The Morgan fingerprint density at radius 3 is 2.80 bits per heavy atom. The monoisotopic (exact) mass is 359 g/mol. The Balaban J connectivity index is 1.73. The number of halogens is 1. The van der Waals surface area contributed by atoms with Gasteiger partial charge in [0, 0.05) is 23.5 Å². The van der Waals surface area contributed by atoms with Crippen LogP contribution in [0.5, 0.6) is 5.75 Å². The number of aliphatic hydroxyl groups excluding tert-OH is 1. The van der Waals surface area contributed by atoms with E-state index in [1.807, 2.05) is 30.3 Å². The number of aliphatic hydroxyl groups is 1. The first-order chi connectivity index (χ1) is 12.1. The minimum absolute atomic E-state index is 0.105. The molecule has 25 heavy (non-hydrogen) atoms. The van der Waals surface area contributed by atoms with E-state index < -0.39 is 0 Å². The Hall–Kier alpha value is -1.55. The summed E-state index contributed by atoms with van der Waals surface area (Å²) in [4.78, 5) is 2.42. The molecular formula is C21H26ClNO2. The predicted molar refractivity (Wildman–Crippen MR) is 102 cm³/mol. The van der Waals surface area contributed by atoms with E-state index in [0.29, 0.717) is 0 Å². The summed E-state index contributed by atoms with van der Waals surface area (Å²) in [5.74, 6) is 0.870. The molecule has 134 valence electrons. The van der Waals surface area contributed by atoms with Crippen LogP contribution in [0.3, 0.4) is 0 Å². The van der Waals surface area contributed by atoms with Gasteiger partial charge in [-0.25, -0.2) is 0 Å². The number of piperidine rings is 1. The Bertz CT molecular complexity index is 706. The van der Waals surface area contributed by atoms with Crippen molar-refractivity contribution in [2.24, 2.45) is 5.41 Å². The summed E-state index contributed by atoms with van der Waals surface area (Å²) in [6.45, 7) is 2.96. The lowest BCUT2D eigenvalue weighted by molar-refractivity contribution is 0.0288. The van der Waals surface area contributed by atoms with E-state index in [1.165, 1.54) is 5.56 Å².